The molecular weight excluding hydrogens is 198 g/mol. The van der Waals surface area contributed by atoms with Crippen LogP contribution >= 0.6 is 11.6 Å². The van der Waals surface area contributed by atoms with Gasteiger partial charge in [0.25, 0.3) is 0 Å². The standard InChI is InChI=1S/C11H12ClNO/c1-7-8(2)14-10-6-4-3-5-9(10)11(12)13-7/h3-8H,1-2H3/t7-,8+/m1/s1. The lowest BCUT2D eigenvalue weighted by molar-refractivity contribution is 0.200. The van der Waals surface area contributed by atoms with E-state index in [2.05, 4.69) is 4.99 Å². The summed E-state index contributed by atoms with van der Waals surface area (Å²) in [6, 6.07) is 7.80. The van der Waals surface area contributed by atoms with Gasteiger partial charge in [0, 0.05) is 0 Å². The van der Waals surface area contributed by atoms with Crippen LogP contribution in [0.15, 0.2) is 29.3 Å². The molecule has 0 fully saturated rings. The molecule has 2 rings (SSSR count). The van der Waals surface area contributed by atoms with Gasteiger partial charge in [-0.25, -0.2) is 0 Å². The molecule has 0 bridgehead atoms. The van der Waals surface area contributed by atoms with Crippen molar-refractivity contribution in [2.24, 2.45) is 4.99 Å². The van der Waals surface area contributed by atoms with Crippen LogP contribution in [0.3, 0.4) is 0 Å². The summed E-state index contributed by atoms with van der Waals surface area (Å²) >= 11 is 6.08. The van der Waals surface area contributed by atoms with Crippen LogP contribution in [0.1, 0.15) is 19.4 Å². The highest BCUT2D eigenvalue weighted by Gasteiger charge is 2.20. The molecule has 0 aliphatic carbocycles. The molecule has 1 aliphatic heterocycles. The molecule has 1 aromatic carbocycles. The van der Waals surface area contributed by atoms with E-state index < -0.39 is 0 Å². The van der Waals surface area contributed by atoms with Crippen molar-refractivity contribution in [3.8, 4) is 5.75 Å². The molecule has 0 radical (unpaired) electrons. The predicted molar refractivity (Wildman–Crippen MR) is 58.4 cm³/mol. The highest BCUT2D eigenvalue weighted by molar-refractivity contribution is 6.70. The molecule has 2 nitrogen and oxygen atoms in total. The third kappa shape index (κ3) is 1.62. The predicted octanol–water partition coefficient (Wildman–Crippen LogP) is 2.84. The second-order valence-corrected chi connectivity index (χ2v) is 3.84. The number of halogens is 1. The van der Waals surface area contributed by atoms with Crippen LogP contribution in [-0.2, 0) is 0 Å². The molecule has 0 spiro atoms. The quantitative estimate of drug-likeness (QED) is 0.644. The fraction of sp³-hybridized carbons (Fsp3) is 0.364. The maximum Gasteiger partial charge on any atom is 0.135 e. The van der Waals surface area contributed by atoms with E-state index in [4.69, 9.17) is 16.3 Å². The van der Waals surface area contributed by atoms with Gasteiger partial charge in [-0.1, -0.05) is 23.7 Å². The first-order chi connectivity index (χ1) is 6.68. The number of fused-ring (bicyclic) bond motifs is 1. The number of hydrogen-bond donors (Lipinski definition) is 0. The lowest BCUT2D eigenvalue weighted by Gasteiger charge is -2.15. The zero-order valence-electron chi connectivity index (χ0n) is 8.20. The summed E-state index contributed by atoms with van der Waals surface area (Å²) in [5, 5.41) is 0.539. The van der Waals surface area contributed by atoms with Crippen molar-refractivity contribution in [1.29, 1.82) is 0 Å². The van der Waals surface area contributed by atoms with E-state index in [-0.39, 0.29) is 12.1 Å². The maximum absolute atomic E-state index is 6.08. The summed E-state index contributed by atoms with van der Waals surface area (Å²) in [5.41, 5.74) is 0.880. The molecule has 0 aromatic heterocycles. The molecule has 0 unspecified atom stereocenters. The van der Waals surface area contributed by atoms with Crippen LogP contribution in [0.5, 0.6) is 5.75 Å². The largest absolute Gasteiger partial charge is 0.488 e. The minimum absolute atomic E-state index is 0.0624. The third-order valence-electron chi connectivity index (χ3n) is 2.42. The number of rotatable bonds is 0. The minimum Gasteiger partial charge on any atom is -0.488 e. The molecule has 0 saturated carbocycles. The maximum atomic E-state index is 6.08. The van der Waals surface area contributed by atoms with E-state index in [1.165, 1.54) is 0 Å². The summed E-state index contributed by atoms with van der Waals surface area (Å²) in [5.74, 6) is 0.818. The van der Waals surface area contributed by atoms with Gasteiger partial charge in [-0.3, -0.25) is 4.99 Å². The van der Waals surface area contributed by atoms with Crippen LogP contribution in [0.4, 0.5) is 0 Å². The molecular formula is C11H12ClNO. The average Bonchev–Trinajstić information content (AvgIpc) is 2.27. The van der Waals surface area contributed by atoms with E-state index in [0.717, 1.165) is 11.3 Å². The number of para-hydroxylation sites is 1. The Morgan fingerprint density at radius 1 is 1.29 bits per heavy atom. The Morgan fingerprint density at radius 3 is 2.79 bits per heavy atom. The molecule has 0 N–H and O–H groups in total. The van der Waals surface area contributed by atoms with Crippen molar-refractivity contribution in [2.75, 3.05) is 0 Å². The Bertz CT molecular complexity index is 375. The summed E-state index contributed by atoms with van der Waals surface area (Å²) in [6.45, 7) is 4.00. The van der Waals surface area contributed by atoms with Gasteiger partial charge in [-0.2, -0.15) is 0 Å². The molecule has 3 heteroatoms. The molecule has 1 heterocycles. The number of aliphatic imine (C=N–C) groups is 1. The van der Waals surface area contributed by atoms with E-state index in [9.17, 15) is 0 Å². The highest BCUT2D eigenvalue weighted by Crippen LogP contribution is 2.26. The van der Waals surface area contributed by atoms with E-state index >= 15 is 0 Å². The molecule has 74 valence electrons. The van der Waals surface area contributed by atoms with Gasteiger partial charge in [0.2, 0.25) is 0 Å². The summed E-state index contributed by atoms with van der Waals surface area (Å²) < 4.78 is 5.74. The molecule has 1 aromatic rings. The Hall–Kier alpha value is -1.02. The smallest absolute Gasteiger partial charge is 0.135 e. The first kappa shape index (κ1) is 9.53. The molecule has 0 saturated heterocycles. The van der Waals surface area contributed by atoms with Crippen LogP contribution in [0, 0.1) is 0 Å². The van der Waals surface area contributed by atoms with Crippen molar-refractivity contribution in [1.82, 2.24) is 0 Å². The summed E-state index contributed by atoms with van der Waals surface area (Å²) in [7, 11) is 0. The lowest BCUT2D eigenvalue weighted by Crippen LogP contribution is -2.23. The van der Waals surface area contributed by atoms with Crippen molar-refractivity contribution in [3.63, 3.8) is 0 Å². The van der Waals surface area contributed by atoms with Crippen molar-refractivity contribution in [3.05, 3.63) is 29.8 Å². The summed E-state index contributed by atoms with van der Waals surface area (Å²) in [4.78, 5) is 4.36. The van der Waals surface area contributed by atoms with Crippen LogP contribution in [0.25, 0.3) is 0 Å². The molecule has 1 aliphatic rings. The minimum atomic E-state index is 0.0624. The van der Waals surface area contributed by atoms with Gasteiger partial charge in [0.05, 0.1) is 11.6 Å². The lowest BCUT2D eigenvalue weighted by atomic mass is 10.2. The van der Waals surface area contributed by atoms with Gasteiger partial charge in [0.1, 0.15) is 17.0 Å². The normalized spacial score (nSPS) is 25.8. The SMILES string of the molecule is C[C@@H]1Oc2ccccc2C(Cl)=N[C@@H]1C. The second-order valence-electron chi connectivity index (χ2n) is 3.48. The van der Waals surface area contributed by atoms with Crippen molar-refractivity contribution >= 4 is 16.8 Å². The molecule has 14 heavy (non-hydrogen) atoms. The second kappa shape index (κ2) is 3.62. The van der Waals surface area contributed by atoms with Crippen molar-refractivity contribution in [2.45, 2.75) is 26.0 Å². The number of ether oxygens (including phenoxy) is 1. The van der Waals surface area contributed by atoms with Gasteiger partial charge < -0.3 is 4.74 Å². The zero-order valence-corrected chi connectivity index (χ0v) is 8.95. The first-order valence-corrected chi connectivity index (χ1v) is 5.05. The molecule has 0 amide bonds. The van der Waals surface area contributed by atoms with Gasteiger partial charge in [-0.15, -0.1) is 0 Å². The Kier molecular flexibility index (Phi) is 2.46. The zero-order chi connectivity index (χ0) is 10.1. The van der Waals surface area contributed by atoms with Crippen LogP contribution in [0.2, 0.25) is 0 Å². The van der Waals surface area contributed by atoms with Gasteiger partial charge in [0.15, 0.2) is 0 Å². The highest BCUT2D eigenvalue weighted by atomic mass is 35.5. The van der Waals surface area contributed by atoms with E-state index in [1.807, 2.05) is 38.1 Å². The van der Waals surface area contributed by atoms with Gasteiger partial charge >= 0.3 is 0 Å². The average molecular weight is 210 g/mol. The van der Waals surface area contributed by atoms with Crippen LogP contribution < -0.4 is 4.74 Å². The van der Waals surface area contributed by atoms with E-state index in [1.54, 1.807) is 0 Å². The monoisotopic (exact) mass is 209 g/mol. The fourth-order valence-corrected chi connectivity index (χ4v) is 1.70. The van der Waals surface area contributed by atoms with Crippen LogP contribution in [-0.4, -0.2) is 17.3 Å². The Labute approximate surface area is 88.6 Å². The van der Waals surface area contributed by atoms with Crippen molar-refractivity contribution < 1.29 is 4.74 Å². The van der Waals surface area contributed by atoms with E-state index in [0.29, 0.717) is 5.17 Å². The number of nitrogens with zero attached hydrogens (tertiary/aromatic N) is 1. The number of benzene rings is 1. The topological polar surface area (TPSA) is 21.6 Å². The Balaban J connectivity index is 2.50. The van der Waals surface area contributed by atoms with Gasteiger partial charge in [-0.05, 0) is 26.0 Å². The third-order valence-corrected chi connectivity index (χ3v) is 2.72. The molecule has 2 atom stereocenters. The first-order valence-electron chi connectivity index (χ1n) is 4.68. The fourth-order valence-electron chi connectivity index (χ4n) is 1.39. The summed E-state index contributed by atoms with van der Waals surface area (Å²) in [6.07, 6.45) is 0.0624. The number of hydrogen-bond acceptors (Lipinski definition) is 2. The Morgan fingerprint density at radius 2 is 2.00 bits per heavy atom.